The van der Waals surface area contributed by atoms with Crippen LogP contribution in [0.3, 0.4) is 0 Å². The van der Waals surface area contributed by atoms with E-state index in [2.05, 4.69) is 34.6 Å². The lowest BCUT2D eigenvalue weighted by molar-refractivity contribution is -0.132. The zero-order valence-electron chi connectivity index (χ0n) is 22.4. The Kier molecular flexibility index (Phi) is 7.26. The Bertz CT molecular complexity index is 1310. The van der Waals surface area contributed by atoms with Crippen molar-refractivity contribution in [2.24, 2.45) is 0 Å². The van der Waals surface area contributed by atoms with Gasteiger partial charge in [-0.05, 0) is 71.3 Å². The molecule has 1 saturated heterocycles. The van der Waals surface area contributed by atoms with E-state index in [1.54, 1.807) is 24.3 Å². The topological polar surface area (TPSA) is 66.8 Å². The van der Waals surface area contributed by atoms with Gasteiger partial charge in [-0.2, -0.15) is 0 Å². The van der Waals surface area contributed by atoms with E-state index in [1.165, 1.54) is 4.90 Å². The van der Waals surface area contributed by atoms with E-state index in [4.69, 9.17) is 4.74 Å². The van der Waals surface area contributed by atoms with Crippen molar-refractivity contribution in [2.75, 3.05) is 11.5 Å². The maximum atomic E-state index is 13.4. The van der Waals surface area contributed by atoms with Crippen LogP contribution in [0.25, 0.3) is 5.76 Å². The van der Waals surface area contributed by atoms with Gasteiger partial charge in [-0.1, -0.05) is 71.0 Å². The molecular weight excluding hydrogens is 462 g/mol. The van der Waals surface area contributed by atoms with Crippen molar-refractivity contribution < 1.29 is 19.4 Å². The Balaban J connectivity index is 1.87. The highest BCUT2D eigenvalue weighted by molar-refractivity contribution is 6.51. The predicted molar refractivity (Wildman–Crippen MR) is 148 cm³/mol. The first-order valence-electron chi connectivity index (χ1n) is 12.8. The van der Waals surface area contributed by atoms with Gasteiger partial charge in [0.2, 0.25) is 0 Å². The van der Waals surface area contributed by atoms with E-state index in [0.29, 0.717) is 29.5 Å². The third-order valence-electron chi connectivity index (χ3n) is 6.81. The number of nitrogens with zero attached hydrogens (tertiary/aromatic N) is 1. The molecule has 0 saturated carbocycles. The zero-order valence-corrected chi connectivity index (χ0v) is 22.4. The maximum Gasteiger partial charge on any atom is 0.300 e. The molecule has 5 nitrogen and oxygen atoms in total. The second-order valence-electron chi connectivity index (χ2n) is 10.7. The molecule has 0 spiro atoms. The second-order valence-corrected chi connectivity index (χ2v) is 10.7. The molecular formula is C32H35NO4. The number of anilines is 1. The summed E-state index contributed by atoms with van der Waals surface area (Å²) in [5.74, 6) is -0.560. The van der Waals surface area contributed by atoms with Gasteiger partial charge in [0.15, 0.2) is 0 Å². The molecule has 0 aliphatic carbocycles. The van der Waals surface area contributed by atoms with Crippen molar-refractivity contribution in [2.45, 2.75) is 58.9 Å². The van der Waals surface area contributed by atoms with Crippen LogP contribution in [-0.2, 0) is 15.0 Å². The third-order valence-corrected chi connectivity index (χ3v) is 6.81. The fourth-order valence-electron chi connectivity index (χ4n) is 4.63. The summed E-state index contributed by atoms with van der Waals surface area (Å²) in [6, 6.07) is 21.7. The first-order valence-corrected chi connectivity index (χ1v) is 12.8. The van der Waals surface area contributed by atoms with E-state index in [-0.39, 0.29) is 16.7 Å². The van der Waals surface area contributed by atoms with Gasteiger partial charge in [-0.15, -0.1) is 0 Å². The number of Topliss-reactive ketones (excluding diaryl/α,β-unsaturated/α-hetero) is 1. The Hall–Kier alpha value is -3.86. The number of rotatable bonds is 6. The van der Waals surface area contributed by atoms with Gasteiger partial charge in [0.1, 0.15) is 11.5 Å². The van der Waals surface area contributed by atoms with Crippen LogP contribution in [0.4, 0.5) is 5.69 Å². The molecule has 5 heteroatoms. The maximum absolute atomic E-state index is 13.4. The van der Waals surface area contributed by atoms with Gasteiger partial charge in [0.05, 0.1) is 18.2 Å². The summed E-state index contributed by atoms with van der Waals surface area (Å²) >= 11 is 0. The van der Waals surface area contributed by atoms with Crippen molar-refractivity contribution in [1.82, 2.24) is 0 Å². The van der Waals surface area contributed by atoms with E-state index in [0.717, 1.165) is 16.7 Å². The average Bonchev–Trinajstić information content (AvgIpc) is 3.14. The van der Waals surface area contributed by atoms with E-state index >= 15 is 0 Å². The number of ketones is 1. The molecule has 0 radical (unpaired) electrons. The molecule has 37 heavy (non-hydrogen) atoms. The van der Waals surface area contributed by atoms with Crippen molar-refractivity contribution >= 4 is 23.1 Å². The summed E-state index contributed by atoms with van der Waals surface area (Å²) in [6.07, 6.45) is 0. The highest BCUT2D eigenvalue weighted by Crippen LogP contribution is 2.43. The molecule has 1 aliphatic rings. The number of benzene rings is 3. The zero-order chi connectivity index (χ0) is 26.9. The van der Waals surface area contributed by atoms with Gasteiger partial charge in [-0.3, -0.25) is 14.5 Å². The minimum absolute atomic E-state index is 0.0463. The molecule has 4 rings (SSSR count). The van der Waals surface area contributed by atoms with E-state index in [9.17, 15) is 14.7 Å². The highest BCUT2D eigenvalue weighted by Gasteiger charge is 2.47. The lowest BCUT2D eigenvalue weighted by atomic mass is 9.85. The molecule has 1 N–H and O–H groups in total. The molecule has 1 atom stereocenters. The molecule has 0 aromatic heterocycles. The van der Waals surface area contributed by atoms with Gasteiger partial charge in [0, 0.05) is 11.3 Å². The van der Waals surface area contributed by atoms with Crippen LogP contribution in [0.5, 0.6) is 5.75 Å². The molecule has 1 fully saturated rings. The average molecular weight is 498 g/mol. The monoisotopic (exact) mass is 497 g/mol. The minimum Gasteiger partial charge on any atom is -0.507 e. The lowest BCUT2D eigenvalue weighted by Gasteiger charge is -2.27. The Morgan fingerprint density at radius 1 is 0.919 bits per heavy atom. The summed E-state index contributed by atoms with van der Waals surface area (Å²) in [5, 5.41) is 11.4. The number of hydrogen-bond acceptors (Lipinski definition) is 4. The largest absolute Gasteiger partial charge is 0.507 e. The van der Waals surface area contributed by atoms with Gasteiger partial charge >= 0.3 is 0 Å². The molecule has 3 aromatic carbocycles. The standard InChI is InChI=1S/C32H35NO4/c1-7-37-26-18-12-23(13-19-26)29(34)27-28(22-8-14-24(15-9-22)32(4,5)6)33(31(36)30(27)35)25-16-10-21(11-17-25)20(2)3/h8-20,28,34H,7H2,1-6H3/b29-27-. The Labute approximate surface area is 219 Å². The van der Waals surface area contributed by atoms with Crippen molar-refractivity contribution in [3.8, 4) is 5.75 Å². The summed E-state index contributed by atoms with van der Waals surface area (Å²) in [5.41, 5.74) is 4.13. The smallest absolute Gasteiger partial charge is 0.300 e. The van der Waals surface area contributed by atoms with Crippen molar-refractivity contribution in [1.29, 1.82) is 0 Å². The van der Waals surface area contributed by atoms with Crippen LogP contribution < -0.4 is 9.64 Å². The highest BCUT2D eigenvalue weighted by atomic mass is 16.5. The number of aliphatic hydroxyl groups excluding tert-OH is 1. The minimum atomic E-state index is -0.759. The molecule has 1 unspecified atom stereocenters. The molecule has 3 aromatic rings. The second kappa shape index (κ2) is 10.3. The van der Waals surface area contributed by atoms with Crippen LogP contribution in [0.15, 0.2) is 78.4 Å². The number of carbonyl (C=O) groups excluding carboxylic acids is 2. The van der Waals surface area contributed by atoms with Crippen LogP contribution >= 0.6 is 0 Å². The molecule has 1 amide bonds. The van der Waals surface area contributed by atoms with Crippen molar-refractivity contribution in [3.05, 3.63) is 101 Å². The van der Waals surface area contributed by atoms with Crippen LogP contribution in [0, 0.1) is 0 Å². The van der Waals surface area contributed by atoms with Crippen LogP contribution in [0.1, 0.15) is 75.8 Å². The number of carbonyl (C=O) groups is 2. The normalized spacial score (nSPS) is 17.5. The number of ether oxygens (including phenoxy) is 1. The van der Waals surface area contributed by atoms with Gasteiger partial charge in [-0.25, -0.2) is 0 Å². The van der Waals surface area contributed by atoms with Gasteiger partial charge < -0.3 is 9.84 Å². The van der Waals surface area contributed by atoms with Crippen LogP contribution in [0.2, 0.25) is 0 Å². The predicted octanol–water partition coefficient (Wildman–Crippen LogP) is 7.13. The first-order chi connectivity index (χ1) is 17.5. The fourth-order valence-corrected chi connectivity index (χ4v) is 4.63. The first kappa shape index (κ1) is 26.2. The summed E-state index contributed by atoms with van der Waals surface area (Å²) in [4.78, 5) is 28.4. The molecule has 192 valence electrons. The van der Waals surface area contributed by atoms with Crippen LogP contribution in [-0.4, -0.2) is 23.4 Å². The SMILES string of the molecule is CCOc1ccc(/C(O)=C2/C(=O)C(=O)N(c3ccc(C(C)C)cc3)C2c2ccc(C(C)(C)C)cc2)cc1. The Morgan fingerprint density at radius 3 is 2.03 bits per heavy atom. The molecule has 1 aliphatic heterocycles. The number of aliphatic hydroxyl groups is 1. The lowest BCUT2D eigenvalue weighted by Crippen LogP contribution is -2.29. The quantitative estimate of drug-likeness (QED) is 0.223. The summed E-state index contributed by atoms with van der Waals surface area (Å²) < 4.78 is 5.51. The Morgan fingerprint density at radius 2 is 1.51 bits per heavy atom. The fraction of sp³-hybridized carbons (Fsp3) is 0.312. The van der Waals surface area contributed by atoms with Crippen molar-refractivity contribution in [3.63, 3.8) is 0 Å². The van der Waals surface area contributed by atoms with E-state index in [1.807, 2.05) is 55.5 Å². The summed E-state index contributed by atoms with van der Waals surface area (Å²) in [7, 11) is 0. The van der Waals surface area contributed by atoms with Gasteiger partial charge in [0.25, 0.3) is 11.7 Å². The van der Waals surface area contributed by atoms with E-state index < -0.39 is 17.7 Å². The number of amides is 1. The summed E-state index contributed by atoms with van der Waals surface area (Å²) in [6.45, 7) is 13.0. The molecule has 1 heterocycles. The number of hydrogen-bond donors (Lipinski definition) is 1. The third kappa shape index (κ3) is 5.17. The molecule has 0 bridgehead atoms.